The van der Waals surface area contributed by atoms with Crippen LogP contribution in [0.2, 0.25) is 0 Å². The first-order valence-corrected chi connectivity index (χ1v) is 6.25. The first kappa shape index (κ1) is 11.3. The van der Waals surface area contributed by atoms with E-state index >= 15 is 0 Å². The Hall–Kier alpha value is -1.19. The molecule has 0 radical (unpaired) electrons. The minimum Gasteiger partial charge on any atom is -0.314 e. The zero-order valence-corrected chi connectivity index (χ0v) is 10.7. The van der Waals surface area contributed by atoms with Crippen molar-refractivity contribution in [2.45, 2.75) is 20.4 Å². The van der Waals surface area contributed by atoms with E-state index in [-0.39, 0.29) is 0 Å². The summed E-state index contributed by atoms with van der Waals surface area (Å²) in [7, 11) is 1.94. The van der Waals surface area contributed by atoms with Crippen molar-refractivity contribution in [2.75, 3.05) is 7.05 Å². The number of benzene rings is 1. The molecule has 0 unspecified atom stereocenters. The monoisotopic (exact) mass is 232 g/mol. The van der Waals surface area contributed by atoms with Gasteiger partial charge in [-0.25, -0.2) is 4.98 Å². The Labute approximate surface area is 100 Å². The second-order valence-corrected chi connectivity index (χ2v) is 4.92. The maximum atomic E-state index is 4.63. The molecule has 0 bridgehead atoms. The Morgan fingerprint density at radius 3 is 2.88 bits per heavy atom. The molecule has 2 nitrogen and oxygen atoms in total. The van der Waals surface area contributed by atoms with Gasteiger partial charge in [0.2, 0.25) is 0 Å². The first-order valence-electron chi connectivity index (χ1n) is 5.37. The number of thiazole rings is 1. The number of aryl methyl sites for hydroxylation is 2. The van der Waals surface area contributed by atoms with Gasteiger partial charge in [0.25, 0.3) is 0 Å². The van der Waals surface area contributed by atoms with E-state index in [9.17, 15) is 0 Å². The Morgan fingerprint density at radius 1 is 1.31 bits per heavy atom. The third kappa shape index (κ3) is 2.31. The molecule has 1 N–H and O–H groups in total. The molecule has 0 atom stereocenters. The molecule has 0 aliphatic carbocycles. The van der Waals surface area contributed by atoms with Crippen LogP contribution >= 0.6 is 11.3 Å². The molecule has 0 spiro atoms. The van der Waals surface area contributed by atoms with Crippen molar-refractivity contribution in [1.82, 2.24) is 10.3 Å². The average molecular weight is 232 g/mol. The van der Waals surface area contributed by atoms with Crippen molar-refractivity contribution in [3.8, 4) is 11.3 Å². The van der Waals surface area contributed by atoms with Gasteiger partial charge in [-0.2, -0.15) is 0 Å². The Morgan fingerprint density at radius 2 is 2.12 bits per heavy atom. The summed E-state index contributed by atoms with van der Waals surface area (Å²) in [6, 6.07) is 6.50. The van der Waals surface area contributed by atoms with Gasteiger partial charge in [0.05, 0.1) is 5.69 Å². The van der Waals surface area contributed by atoms with Gasteiger partial charge < -0.3 is 5.32 Å². The quantitative estimate of drug-likeness (QED) is 0.879. The minimum absolute atomic E-state index is 0.843. The second-order valence-electron chi connectivity index (χ2n) is 3.98. The highest BCUT2D eigenvalue weighted by atomic mass is 32.1. The van der Waals surface area contributed by atoms with Crippen LogP contribution in [0.1, 0.15) is 16.1 Å². The lowest BCUT2D eigenvalue weighted by Crippen LogP contribution is -2.04. The van der Waals surface area contributed by atoms with E-state index in [0.29, 0.717) is 0 Å². The number of nitrogens with one attached hydrogen (secondary N) is 1. The van der Waals surface area contributed by atoms with E-state index in [1.165, 1.54) is 16.7 Å². The lowest BCUT2D eigenvalue weighted by Gasteiger charge is -2.03. The summed E-state index contributed by atoms with van der Waals surface area (Å²) in [6.07, 6.45) is 0. The molecule has 0 fully saturated rings. The van der Waals surface area contributed by atoms with Crippen LogP contribution in [-0.4, -0.2) is 12.0 Å². The molecule has 0 aliphatic heterocycles. The largest absolute Gasteiger partial charge is 0.314 e. The number of hydrogen-bond acceptors (Lipinski definition) is 3. The molecular formula is C13H16N2S. The molecule has 2 rings (SSSR count). The number of rotatable bonds is 3. The van der Waals surface area contributed by atoms with E-state index < -0.39 is 0 Å². The summed E-state index contributed by atoms with van der Waals surface area (Å²) in [5, 5.41) is 6.39. The maximum Gasteiger partial charge on any atom is 0.107 e. The topological polar surface area (TPSA) is 24.9 Å². The van der Waals surface area contributed by atoms with Crippen LogP contribution in [0.25, 0.3) is 11.3 Å². The normalized spacial score (nSPS) is 10.7. The Bertz CT molecular complexity index is 488. The fraction of sp³-hybridized carbons (Fsp3) is 0.308. The van der Waals surface area contributed by atoms with Gasteiger partial charge >= 0.3 is 0 Å². The molecule has 0 saturated heterocycles. The van der Waals surface area contributed by atoms with Crippen molar-refractivity contribution < 1.29 is 0 Å². The van der Waals surface area contributed by atoms with Gasteiger partial charge in [-0.15, -0.1) is 11.3 Å². The molecule has 16 heavy (non-hydrogen) atoms. The molecule has 84 valence electrons. The highest BCUT2D eigenvalue weighted by Gasteiger charge is 2.06. The fourth-order valence-electron chi connectivity index (χ4n) is 1.68. The van der Waals surface area contributed by atoms with Crippen molar-refractivity contribution in [3.05, 3.63) is 39.7 Å². The summed E-state index contributed by atoms with van der Waals surface area (Å²) in [4.78, 5) is 4.63. The zero-order chi connectivity index (χ0) is 11.5. The van der Waals surface area contributed by atoms with Crippen molar-refractivity contribution in [2.24, 2.45) is 0 Å². The van der Waals surface area contributed by atoms with Crippen molar-refractivity contribution in [1.29, 1.82) is 0 Å². The number of hydrogen-bond donors (Lipinski definition) is 1. The van der Waals surface area contributed by atoms with Gasteiger partial charge in [-0.05, 0) is 32.5 Å². The first-order chi connectivity index (χ1) is 7.70. The third-order valence-corrected chi connectivity index (χ3v) is 3.40. The predicted octanol–water partition coefficient (Wildman–Crippen LogP) is 3.15. The third-order valence-electron chi connectivity index (χ3n) is 2.55. The van der Waals surface area contributed by atoms with Crippen LogP contribution in [0.5, 0.6) is 0 Å². The Balaban J connectivity index is 2.38. The van der Waals surface area contributed by atoms with Crippen LogP contribution in [0, 0.1) is 13.8 Å². The molecule has 0 amide bonds. The van der Waals surface area contributed by atoms with Crippen LogP contribution in [0.15, 0.2) is 23.6 Å². The Kier molecular flexibility index (Phi) is 3.36. The summed E-state index contributed by atoms with van der Waals surface area (Å²) in [5.41, 5.74) is 4.91. The summed E-state index contributed by atoms with van der Waals surface area (Å²) >= 11 is 1.71. The molecule has 0 aliphatic rings. The van der Waals surface area contributed by atoms with Crippen molar-refractivity contribution >= 4 is 11.3 Å². The van der Waals surface area contributed by atoms with Gasteiger partial charge in [0.1, 0.15) is 5.01 Å². The summed E-state index contributed by atoms with van der Waals surface area (Å²) in [6.45, 7) is 5.09. The molecule has 0 saturated carbocycles. The predicted molar refractivity (Wildman–Crippen MR) is 69.8 cm³/mol. The average Bonchev–Trinajstić information content (AvgIpc) is 2.71. The van der Waals surface area contributed by atoms with Gasteiger partial charge in [-0.3, -0.25) is 0 Å². The second kappa shape index (κ2) is 4.76. The van der Waals surface area contributed by atoms with Crippen LogP contribution in [-0.2, 0) is 6.54 Å². The van der Waals surface area contributed by atoms with Crippen molar-refractivity contribution in [3.63, 3.8) is 0 Å². The van der Waals surface area contributed by atoms with Crippen LogP contribution in [0.4, 0.5) is 0 Å². The van der Waals surface area contributed by atoms with Gasteiger partial charge in [0, 0.05) is 17.5 Å². The summed E-state index contributed by atoms with van der Waals surface area (Å²) < 4.78 is 0. The van der Waals surface area contributed by atoms with E-state index in [0.717, 1.165) is 17.2 Å². The molecule has 3 heteroatoms. The lowest BCUT2D eigenvalue weighted by atomic mass is 10.0. The molecule has 1 aromatic carbocycles. The van der Waals surface area contributed by atoms with Crippen LogP contribution in [0.3, 0.4) is 0 Å². The lowest BCUT2D eigenvalue weighted by molar-refractivity contribution is 0.810. The zero-order valence-electron chi connectivity index (χ0n) is 9.87. The molecular weight excluding hydrogens is 216 g/mol. The van der Waals surface area contributed by atoms with Crippen LogP contribution < -0.4 is 5.32 Å². The number of aromatic nitrogens is 1. The smallest absolute Gasteiger partial charge is 0.107 e. The highest BCUT2D eigenvalue weighted by Crippen LogP contribution is 2.25. The van der Waals surface area contributed by atoms with Gasteiger partial charge in [-0.1, -0.05) is 17.7 Å². The number of nitrogens with zero attached hydrogens (tertiary/aromatic N) is 1. The standard InChI is InChI=1S/C13H16N2S/c1-9-4-5-10(2)11(6-9)12-8-16-13(15-12)7-14-3/h4-6,8,14H,7H2,1-3H3. The van der Waals surface area contributed by atoms with E-state index in [1.807, 2.05) is 7.05 Å². The highest BCUT2D eigenvalue weighted by molar-refractivity contribution is 7.09. The van der Waals surface area contributed by atoms with E-state index in [2.05, 4.69) is 47.7 Å². The van der Waals surface area contributed by atoms with E-state index in [1.54, 1.807) is 11.3 Å². The SMILES string of the molecule is CNCc1nc(-c2cc(C)ccc2C)cs1. The minimum atomic E-state index is 0.843. The fourth-order valence-corrected chi connectivity index (χ4v) is 2.48. The maximum absolute atomic E-state index is 4.63. The van der Waals surface area contributed by atoms with Gasteiger partial charge in [0.15, 0.2) is 0 Å². The van der Waals surface area contributed by atoms with E-state index in [4.69, 9.17) is 0 Å². The summed E-state index contributed by atoms with van der Waals surface area (Å²) in [5.74, 6) is 0. The molecule has 1 aromatic heterocycles. The molecule has 2 aromatic rings. The molecule has 1 heterocycles.